The highest BCUT2D eigenvalue weighted by Crippen LogP contribution is 1.90. The summed E-state index contributed by atoms with van der Waals surface area (Å²) in [4.78, 5) is 0. The molecule has 2 nitrogen and oxygen atoms in total. The summed E-state index contributed by atoms with van der Waals surface area (Å²) in [7, 11) is 0. The van der Waals surface area contributed by atoms with Gasteiger partial charge in [0.25, 0.3) is 0 Å². The Morgan fingerprint density at radius 2 is 1.92 bits per heavy atom. The van der Waals surface area contributed by atoms with E-state index >= 15 is 0 Å². The van der Waals surface area contributed by atoms with Crippen LogP contribution in [0.25, 0.3) is 0 Å². The summed E-state index contributed by atoms with van der Waals surface area (Å²) in [5.41, 5.74) is 0. The van der Waals surface area contributed by atoms with Crippen LogP contribution in [-0.2, 0) is 9.47 Å². The number of ether oxygens (including phenoxy) is 2. The molecule has 0 N–H and O–H groups in total. The zero-order chi connectivity index (χ0) is 9.07. The van der Waals surface area contributed by atoms with Crippen LogP contribution in [0.1, 0.15) is 19.8 Å². The summed E-state index contributed by atoms with van der Waals surface area (Å²) in [6.45, 7) is 3.78. The molecule has 0 heterocycles. The van der Waals surface area contributed by atoms with E-state index < -0.39 is 0 Å². The van der Waals surface area contributed by atoms with E-state index in [1.807, 2.05) is 6.92 Å². The molecular formula is C9H17ClO2. The number of allylic oxidation sites excluding steroid dienone is 1. The smallest absolute Gasteiger partial charge is 0.146 e. The minimum absolute atomic E-state index is 0.403. The quantitative estimate of drug-likeness (QED) is 0.255. The van der Waals surface area contributed by atoms with Crippen molar-refractivity contribution >= 4 is 11.6 Å². The summed E-state index contributed by atoms with van der Waals surface area (Å²) in [6.07, 6.45) is 6.02. The van der Waals surface area contributed by atoms with Gasteiger partial charge in [0.1, 0.15) is 6.79 Å². The van der Waals surface area contributed by atoms with Gasteiger partial charge in [0.05, 0.1) is 6.61 Å². The summed E-state index contributed by atoms with van der Waals surface area (Å²) in [5.74, 6) is 0.691. The lowest BCUT2D eigenvalue weighted by molar-refractivity contribution is -0.0476. The van der Waals surface area contributed by atoms with Gasteiger partial charge >= 0.3 is 0 Å². The molecule has 12 heavy (non-hydrogen) atoms. The van der Waals surface area contributed by atoms with Gasteiger partial charge in [0, 0.05) is 12.5 Å². The zero-order valence-corrected chi connectivity index (χ0v) is 8.35. The Balaban J connectivity index is 2.90. The van der Waals surface area contributed by atoms with E-state index in [0.29, 0.717) is 19.3 Å². The number of halogens is 1. The third-order valence-electron chi connectivity index (χ3n) is 1.24. The average Bonchev–Trinajstić information content (AvgIpc) is 2.10. The molecule has 0 saturated carbocycles. The monoisotopic (exact) mass is 192 g/mol. The van der Waals surface area contributed by atoms with Crippen molar-refractivity contribution in [2.45, 2.75) is 19.8 Å². The average molecular weight is 193 g/mol. The summed E-state index contributed by atoms with van der Waals surface area (Å²) < 4.78 is 10.1. The van der Waals surface area contributed by atoms with Gasteiger partial charge in [-0.15, -0.1) is 11.6 Å². The molecule has 0 aliphatic heterocycles. The Labute approximate surface area is 79.5 Å². The van der Waals surface area contributed by atoms with Crippen LogP contribution < -0.4 is 0 Å². The summed E-state index contributed by atoms with van der Waals surface area (Å²) in [5, 5.41) is 0. The van der Waals surface area contributed by atoms with Crippen molar-refractivity contribution in [1.29, 1.82) is 0 Å². The summed E-state index contributed by atoms with van der Waals surface area (Å²) >= 11 is 5.48. The molecule has 0 aromatic carbocycles. The Hall–Kier alpha value is -0.0500. The Kier molecular flexibility index (Phi) is 10.9. The molecule has 0 aromatic heterocycles. The van der Waals surface area contributed by atoms with Gasteiger partial charge in [0.15, 0.2) is 0 Å². The first-order valence-electron chi connectivity index (χ1n) is 4.28. The number of hydrogen-bond acceptors (Lipinski definition) is 2. The molecule has 0 amide bonds. The van der Waals surface area contributed by atoms with Gasteiger partial charge in [-0.05, 0) is 19.8 Å². The molecular weight excluding hydrogens is 176 g/mol. The summed E-state index contributed by atoms with van der Waals surface area (Å²) in [6, 6.07) is 0. The van der Waals surface area contributed by atoms with Crippen LogP contribution in [0.4, 0.5) is 0 Å². The normalized spacial score (nSPS) is 11.2. The van der Waals surface area contributed by atoms with Gasteiger partial charge in [-0.1, -0.05) is 12.2 Å². The van der Waals surface area contributed by atoms with Crippen molar-refractivity contribution in [1.82, 2.24) is 0 Å². The molecule has 0 unspecified atom stereocenters. The topological polar surface area (TPSA) is 18.5 Å². The number of alkyl halides is 1. The van der Waals surface area contributed by atoms with Crippen LogP contribution in [0.2, 0.25) is 0 Å². The molecule has 0 rings (SSSR count). The SMILES string of the molecule is CCOCOCCC=CCCCl. The highest BCUT2D eigenvalue weighted by atomic mass is 35.5. The minimum Gasteiger partial charge on any atom is -0.356 e. The molecule has 72 valence electrons. The molecule has 0 fully saturated rings. The van der Waals surface area contributed by atoms with Crippen LogP contribution in [0.3, 0.4) is 0 Å². The predicted molar refractivity (Wildman–Crippen MR) is 51.5 cm³/mol. The van der Waals surface area contributed by atoms with Crippen LogP contribution in [0.15, 0.2) is 12.2 Å². The highest BCUT2D eigenvalue weighted by molar-refractivity contribution is 6.17. The lowest BCUT2D eigenvalue weighted by Gasteiger charge is -2.00. The fourth-order valence-corrected chi connectivity index (χ4v) is 0.777. The first kappa shape index (κ1) is 11.9. The van der Waals surface area contributed by atoms with E-state index in [1.165, 1.54) is 0 Å². The minimum atomic E-state index is 0.403. The molecule has 0 spiro atoms. The second kappa shape index (κ2) is 11.0. The molecule has 0 atom stereocenters. The largest absolute Gasteiger partial charge is 0.356 e. The molecule has 0 aliphatic carbocycles. The molecule has 0 saturated heterocycles. The van der Waals surface area contributed by atoms with Crippen LogP contribution in [-0.4, -0.2) is 25.9 Å². The lowest BCUT2D eigenvalue weighted by atomic mass is 10.3. The van der Waals surface area contributed by atoms with Gasteiger partial charge in [-0.25, -0.2) is 0 Å². The molecule has 3 heteroatoms. The number of hydrogen-bond donors (Lipinski definition) is 0. The second-order valence-electron chi connectivity index (χ2n) is 2.26. The molecule has 0 radical (unpaired) electrons. The van der Waals surface area contributed by atoms with Crippen LogP contribution in [0, 0.1) is 0 Å². The zero-order valence-electron chi connectivity index (χ0n) is 7.59. The molecule has 0 aliphatic rings. The fraction of sp³-hybridized carbons (Fsp3) is 0.778. The third kappa shape index (κ3) is 9.95. The van der Waals surface area contributed by atoms with Crippen molar-refractivity contribution in [3.05, 3.63) is 12.2 Å². The van der Waals surface area contributed by atoms with Crippen molar-refractivity contribution in [2.75, 3.05) is 25.9 Å². The van der Waals surface area contributed by atoms with Crippen molar-refractivity contribution < 1.29 is 9.47 Å². The lowest BCUT2D eigenvalue weighted by Crippen LogP contribution is -1.99. The Morgan fingerprint density at radius 1 is 1.17 bits per heavy atom. The van der Waals surface area contributed by atoms with Crippen molar-refractivity contribution in [3.63, 3.8) is 0 Å². The van der Waals surface area contributed by atoms with E-state index in [1.54, 1.807) is 0 Å². The van der Waals surface area contributed by atoms with E-state index in [0.717, 1.165) is 19.4 Å². The van der Waals surface area contributed by atoms with Gasteiger partial charge in [-0.3, -0.25) is 0 Å². The molecule has 0 aromatic rings. The van der Waals surface area contributed by atoms with Crippen molar-refractivity contribution in [3.8, 4) is 0 Å². The van der Waals surface area contributed by atoms with Crippen LogP contribution >= 0.6 is 11.6 Å². The highest BCUT2D eigenvalue weighted by Gasteiger charge is 1.83. The van der Waals surface area contributed by atoms with Crippen molar-refractivity contribution in [2.24, 2.45) is 0 Å². The first-order valence-corrected chi connectivity index (χ1v) is 4.81. The maximum absolute atomic E-state index is 5.48. The van der Waals surface area contributed by atoms with Crippen LogP contribution in [0.5, 0.6) is 0 Å². The standard InChI is InChI=1S/C9H17ClO2/c1-2-11-9-12-8-6-4-3-5-7-10/h3-4H,2,5-9H2,1H3. The first-order chi connectivity index (χ1) is 5.91. The van der Waals surface area contributed by atoms with E-state index in [-0.39, 0.29) is 0 Å². The fourth-order valence-electron chi connectivity index (χ4n) is 0.651. The maximum Gasteiger partial charge on any atom is 0.146 e. The second-order valence-corrected chi connectivity index (χ2v) is 2.63. The maximum atomic E-state index is 5.48. The van der Waals surface area contributed by atoms with E-state index in [2.05, 4.69) is 12.2 Å². The number of rotatable bonds is 8. The molecule has 0 bridgehead atoms. The third-order valence-corrected chi connectivity index (χ3v) is 1.46. The van der Waals surface area contributed by atoms with Gasteiger partial charge < -0.3 is 9.47 Å². The Morgan fingerprint density at radius 3 is 2.58 bits per heavy atom. The van der Waals surface area contributed by atoms with Gasteiger partial charge in [0.2, 0.25) is 0 Å². The van der Waals surface area contributed by atoms with E-state index in [4.69, 9.17) is 21.1 Å². The van der Waals surface area contributed by atoms with E-state index in [9.17, 15) is 0 Å². The predicted octanol–water partition coefficient (Wildman–Crippen LogP) is 2.57. The Bertz CT molecular complexity index is 105. The van der Waals surface area contributed by atoms with Gasteiger partial charge in [-0.2, -0.15) is 0 Å².